The molecule has 0 unspecified atom stereocenters. The molecule has 0 bridgehead atoms. The Labute approximate surface area is 159 Å². The molecule has 0 saturated carbocycles. The molecule has 2 aromatic rings. The number of para-hydroxylation sites is 1. The number of guanidine groups is 1. The van der Waals surface area contributed by atoms with Crippen molar-refractivity contribution in [3.63, 3.8) is 0 Å². The molecule has 0 amide bonds. The zero-order valence-corrected chi connectivity index (χ0v) is 16.9. The molecule has 7 nitrogen and oxygen atoms in total. The van der Waals surface area contributed by atoms with Crippen LogP contribution in [0.5, 0.6) is 0 Å². The first-order valence-electron chi connectivity index (χ1n) is 7.44. The van der Waals surface area contributed by atoms with Crippen molar-refractivity contribution in [1.82, 2.24) is 20.3 Å². The molecule has 0 atom stereocenters. The molecule has 0 fully saturated rings. The van der Waals surface area contributed by atoms with Gasteiger partial charge in [-0.15, -0.1) is 24.0 Å². The molecule has 24 heavy (non-hydrogen) atoms. The molecule has 0 saturated heterocycles. The molecule has 4 N–H and O–H groups in total. The van der Waals surface area contributed by atoms with Crippen molar-refractivity contribution in [3.05, 3.63) is 36.0 Å². The Hall–Kier alpha value is -1.33. The second-order valence-corrected chi connectivity index (χ2v) is 7.03. The molecule has 1 aromatic carbocycles. The fourth-order valence-electron chi connectivity index (χ4n) is 2.29. The van der Waals surface area contributed by atoms with Crippen LogP contribution in [0.2, 0.25) is 0 Å². The number of hydrogen-bond acceptors (Lipinski definition) is 3. The molecule has 2 rings (SSSR count). The summed E-state index contributed by atoms with van der Waals surface area (Å²) in [5, 5.41) is 7.51. The maximum Gasteiger partial charge on any atom is 0.208 e. The third kappa shape index (κ3) is 6.65. The van der Waals surface area contributed by atoms with Gasteiger partial charge in [-0.2, -0.15) is 0 Å². The molecule has 0 aliphatic rings. The number of H-pyrrole nitrogens is 1. The van der Waals surface area contributed by atoms with Crippen molar-refractivity contribution in [2.45, 2.75) is 6.42 Å². The number of hydrogen-bond donors (Lipinski definition) is 4. The lowest BCUT2D eigenvalue weighted by molar-refractivity contribution is 0.586. The third-order valence-corrected chi connectivity index (χ3v) is 4.10. The quantitative estimate of drug-likeness (QED) is 0.213. The fourth-order valence-corrected chi connectivity index (χ4v) is 2.76. The zero-order valence-electron chi connectivity index (χ0n) is 13.8. The number of nitrogens with one attached hydrogen (secondary N) is 4. The Morgan fingerprint density at radius 1 is 1.17 bits per heavy atom. The minimum atomic E-state index is -3.15. The van der Waals surface area contributed by atoms with Gasteiger partial charge in [0.15, 0.2) is 5.96 Å². The summed E-state index contributed by atoms with van der Waals surface area (Å²) in [6.45, 7) is 1.53. The first-order chi connectivity index (χ1) is 11.0. The van der Waals surface area contributed by atoms with Gasteiger partial charge in [0.05, 0.1) is 6.26 Å². The first kappa shape index (κ1) is 20.7. The molecule has 0 aliphatic carbocycles. The normalized spacial score (nSPS) is 12.0. The summed E-state index contributed by atoms with van der Waals surface area (Å²) in [5.41, 5.74) is 2.39. The highest BCUT2D eigenvalue weighted by Crippen LogP contribution is 2.17. The van der Waals surface area contributed by atoms with Gasteiger partial charge in [-0.05, 0) is 18.1 Å². The van der Waals surface area contributed by atoms with Crippen LogP contribution in [0.15, 0.2) is 35.5 Å². The smallest absolute Gasteiger partial charge is 0.208 e. The molecule has 0 radical (unpaired) electrons. The van der Waals surface area contributed by atoms with Gasteiger partial charge in [0.2, 0.25) is 10.0 Å². The Balaban J connectivity index is 0.00000288. The van der Waals surface area contributed by atoms with Crippen molar-refractivity contribution >= 4 is 50.9 Å². The van der Waals surface area contributed by atoms with E-state index in [1.54, 1.807) is 7.05 Å². The van der Waals surface area contributed by atoms with Gasteiger partial charge in [0.1, 0.15) is 0 Å². The van der Waals surface area contributed by atoms with Crippen molar-refractivity contribution in [2.24, 2.45) is 4.99 Å². The van der Waals surface area contributed by atoms with E-state index in [1.807, 2.05) is 18.3 Å². The zero-order chi connectivity index (χ0) is 16.7. The highest BCUT2D eigenvalue weighted by Gasteiger charge is 2.04. The molecular formula is C15H24IN5O2S. The van der Waals surface area contributed by atoms with Crippen LogP contribution >= 0.6 is 24.0 Å². The summed E-state index contributed by atoms with van der Waals surface area (Å²) < 4.78 is 24.4. The van der Waals surface area contributed by atoms with Crippen molar-refractivity contribution in [1.29, 1.82) is 0 Å². The number of halogens is 1. The summed E-state index contributed by atoms with van der Waals surface area (Å²) in [4.78, 5) is 7.37. The molecular weight excluding hydrogens is 441 g/mol. The number of fused-ring (bicyclic) bond motifs is 1. The van der Waals surface area contributed by atoms with Gasteiger partial charge in [-0.3, -0.25) is 4.99 Å². The molecule has 0 spiro atoms. The minimum Gasteiger partial charge on any atom is -0.361 e. The predicted octanol–water partition coefficient (Wildman–Crippen LogP) is 1.04. The van der Waals surface area contributed by atoms with Crippen molar-refractivity contribution in [2.75, 3.05) is 32.9 Å². The van der Waals surface area contributed by atoms with E-state index in [-0.39, 0.29) is 24.0 Å². The average Bonchev–Trinajstić information content (AvgIpc) is 2.92. The van der Waals surface area contributed by atoms with Gasteiger partial charge >= 0.3 is 0 Å². The topological polar surface area (TPSA) is 98.4 Å². The summed E-state index contributed by atoms with van der Waals surface area (Å²) >= 11 is 0. The molecule has 1 heterocycles. The molecule has 0 aliphatic heterocycles. The molecule has 9 heteroatoms. The number of nitrogens with zero attached hydrogens (tertiary/aromatic N) is 1. The Morgan fingerprint density at radius 2 is 1.88 bits per heavy atom. The lowest BCUT2D eigenvalue weighted by Crippen LogP contribution is -2.42. The average molecular weight is 465 g/mol. The monoisotopic (exact) mass is 465 g/mol. The van der Waals surface area contributed by atoms with E-state index in [9.17, 15) is 8.42 Å². The summed E-state index contributed by atoms with van der Waals surface area (Å²) in [6.07, 6.45) is 4.03. The summed E-state index contributed by atoms with van der Waals surface area (Å²) in [5.74, 6) is 0.653. The Kier molecular flexibility index (Phi) is 8.50. The standard InChI is InChI=1S/C15H23N5O2S.HI/c1-16-15(18-9-10-20-23(2,21)22)17-8-7-12-11-19-14-6-4-3-5-13(12)14;/h3-6,11,19-20H,7-10H2,1-2H3,(H2,16,17,18);1H. The molecule has 1 aromatic heterocycles. The van der Waals surface area contributed by atoms with Crippen molar-refractivity contribution < 1.29 is 8.42 Å². The number of benzene rings is 1. The van der Waals surface area contributed by atoms with E-state index in [2.05, 4.69) is 37.5 Å². The third-order valence-electron chi connectivity index (χ3n) is 3.37. The Morgan fingerprint density at radius 3 is 2.58 bits per heavy atom. The van der Waals surface area contributed by atoms with Crippen LogP contribution in [-0.4, -0.2) is 52.3 Å². The summed E-state index contributed by atoms with van der Waals surface area (Å²) in [6, 6.07) is 8.20. The van der Waals surface area contributed by atoms with Crippen LogP contribution in [-0.2, 0) is 16.4 Å². The summed E-state index contributed by atoms with van der Waals surface area (Å²) in [7, 11) is -1.46. The van der Waals surface area contributed by atoms with Crippen LogP contribution in [0.3, 0.4) is 0 Å². The van der Waals surface area contributed by atoms with Gasteiger partial charge in [-0.1, -0.05) is 18.2 Å². The second kappa shape index (κ2) is 9.84. The van der Waals surface area contributed by atoms with E-state index in [1.165, 1.54) is 10.9 Å². The van der Waals surface area contributed by atoms with E-state index in [0.29, 0.717) is 19.0 Å². The van der Waals surface area contributed by atoms with Crippen LogP contribution in [0.25, 0.3) is 10.9 Å². The van der Waals surface area contributed by atoms with Crippen LogP contribution in [0, 0.1) is 0 Å². The van der Waals surface area contributed by atoms with Crippen LogP contribution < -0.4 is 15.4 Å². The van der Waals surface area contributed by atoms with Crippen LogP contribution in [0.1, 0.15) is 5.56 Å². The lowest BCUT2D eigenvalue weighted by atomic mass is 10.1. The number of aliphatic imine (C=N–C) groups is 1. The predicted molar refractivity (Wildman–Crippen MR) is 110 cm³/mol. The highest BCUT2D eigenvalue weighted by molar-refractivity contribution is 14.0. The fraction of sp³-hybridized carbons (Fsp3) is 0.400. The maximum atomic E-state index is 11.0. The van der Waals surface area contributed by atoms with Gasteiger partial charge in [0.25, 0.3) is 0 Å². The number of rotatable bonds is 7. The van der Waals surface area contributed by atoms with Gasteiger partial charge in [-0.25, -0.2) is 13.1 Å². The second-order valence-electron chi connectivity index (χ2n) is 5.20. The van der Waals surface area contributed by atoms with E-state index >= 15 is 0 Å². The maximum absolute atomic E-state index is 11.0. The number of sulfonamides is 1. The van der Waals surface area contributed by atoms with Gasteiger partial charge < -0.3 is 15.6 Å². The SMILES string of the molecule is CN=C(NCCNS(C)(=O)=O)NCCc1c[nH]c2ccccc12.I. The van der Waals surface area contributed by atoms with Gasteiger partial charge in [0, 0.05) is 43.8 Å². The number of aromatic amines is 1. The van der Waals surface area contributed by atoms with Crippen LogP contribution in [0.4, 0.5) is 0 Å². The van der Waals surface area contributed by atoms with E-state index < -0.39 is 10.0 Å². The van der Waals surface area contributed by atoms with Crippen molar-refractivity contribution in [3.8, 4) is 0 Å². The minimum absolute atomic E-state index is 0. The first-order valence-corrected chi connectivity index (χ1v) is 9.33. The highest BCUT2D eigenvalue weighted by atomic mass is 127. The lowest BCUT2D eigenvalue weighted by Gasteiger charge is -2.11. The number of aromatic nitrogens is 1. The van der Waals surface area contributed by atoms with E-state index in [4.69, 9.17) is 0 Å². The molecule has 134 valence electrons. The van der Waals surface area contributed by atoms with E-state index in [0.717, 1.165) is 24.7 Å². The largest absolute Gasteiger partial charge is 0.361 e. The Bertz CT molecular complexity index is 773.